The van der Waals surface area contributed by atoms with Crippen LogP contribution in [0.5, 0.6) is 5.75 Å². The van der Waals surface area contributed by atoms with Gasteiger partial charge in [-0.25, -0.2) is 0 Å². The van der Waals surface area contributed by atoms with Gasteiger partial charge in [0.05, 0.1) is 0 Å². The molecule has 0 fully saturated rings. The molecule has 0 bridgehead atoms. The molecule has 0 saturated heterocycles. The predicted molar refractivity (Wildman–Crippen MR) is 68.6 cm³/mol. The first-order valence-corrected chi connectivity index (χ1v) is 5.80. The van der Waals surface area contributed by atoms with Crippen molar-refractivity contribution in [1.29, 1.82) is 0 Å². The van der Waals surface area contributed by atoms with E-state index in [0.717, 1.165) is 0 Å². The topological polar surface area (TPSA) is 81.4 Å². The van der Waals surface area contributed by atoms with Crippen molar-refractivity contribution < 1.29 is 14.3 Å². The molecule has 0 aliphatic heterocycles. The van der Waals surface area contributed by atoms with E-state index in [9.17, 15) is 9.59 Å². The Morgan fingerprint density at radius 1 is 1.44 bits per heavy atom. The van der Waals surface area contributed by atoms with Gasteiger partial charge >= 0.3 is 0 Å². The van der Waals surface area contributed by atoms with E-state index < -0.39 is 6.10 Å². The third kappa shape index (κ3) is 4.18. The molecule has 5 heteroatoms. The number of nitrogens with one attached hydrogen (secondary N) is 1. The van der Waals surface area contributed by atoms with Gasteiger partial charge in [0.25, 0.3) is 5.91 Å². The molecule has 1 unspecified atom stereocenters. The number of hydrogen-bond donors (Lipinski definition) is 2. The minimum absolute atomic E-state index is 0.0410. The largest absolute Gasteiger partial charge is 0.481 e. The minimum atomic E-state index is -0.626. The summed E-state index contributed by atoms with van der Waals surface area (Å²) < 4.78 is 5.46. The van der Waals surface area contributed by atoms with Crippen LogP contribution in [-0.4, -0.2) is 30.9 Å². The first kappa shape index (κ1) is 14.2. The minimum Gasteiger partial charge on any atom is -0.481 e. The first-order valence-electron chi connectivity index (χ1n) is 5.80. The van der Waals surface area contributed by atoms with Crippen molar-refractivity contribution >= 4 is 11.7 Å². The number of rotatable bonds is 6. The summed E-state index contributed by atoms with van der Waals surface area (Å²) in [5.41, 5.74) is 5.85. The lowest BCUT2D eigenvalue weighted by Crippen LogP contribution is -2.38. The van der Waals surface area contributed by atoms with Crippen molar-refractivity contribution in [3.63, 3.8) is 0 Å². The Balaban J connectivity index is 2.63. The van der Waals surface area contributed by atoms with Gasteiger partial charge in [-0.15, -0.1) is 0 Å². The summed E-state index contributed by atoms with van der Waals surface area (Å²) in [7, 11) is 0. The Kier molecular flexibility index (Phi) is 5.32. The summed E-state index contributed by atoms with van der Waals surface area (Å²) in [6, 6.07) is 6.75. The molecule has 5 nitrogen and oxygen atoms in total. The fraction of sp³-hybridized carbons (Fsp3) is 0.385. The van der Waals surface area contributed by atoms with Gasteiger partial charge in [-0.1, -0.05) is 12.1 Å². The fourth-order valence-corrected chi connectivity index (χ4v) is 1.39. The van der Waals surface area contributed by atoms with Crippen molar-refractivity contribution in [2.45, 2.75) is 20.0 Å². The van der Waals surface area contributed by atoms with E-state index in [4.69, 9.17) is 10.5 Å². The number of hydrogen-bond acceptors (Lipinski definition) is 4. The van der Waals surface area contributed by atoms with Crippen LogP contribution in [0.2, 0.25) is 0 Å². The molecule has 98 valence electrons. The number of carbonyl (C=O) groups is 2. The fourth-order valence-electron chi connectivity index (χ4n) is 1.39. The molecule has 1 aromatic rings. The van der Waals surface area contributed by atoms with Crippen molar-refractivity contribution in [2.75, 3.05) is 13.1 Å². The lowest BCUT2D eigenvalue weighted by molar-refractivity contribution is -0.127. The second-order valence-corrected chi connectivity index (χ2v) is 3.92. The van der Waals surface area contributed by atoms with Crippen LogP contribution in [0.3, 0.4) is 0 Å². The predicted octanol–water partition coefficient (Wildman–Crippen LogP) is 0.731. The number of ketones is 1. The molecule has 1 amide bonds. The number of benzene rings is 1. The lowest BCUT2D eigenvalue weighted by atomic mass is 10.1. The van der Waals surface area contributed by atoms with Gasteiger partial charge in [0.2, 0.25) is 0 Å². The smallest absolute Gasteiger partial charge is 0.260 e. The zero-order valence-corrected chi connectivity index (χ0v) is 10.6. The molecule has 0 aliphatic carbocycles. The summed E-state index contributed by atoms with van der Waals surface area (Å²) in [5.74, 6) is 0.229. The highest BCUT2D eigenvalue weighted by atomic mass is 16.5. The average Bonchev–Trinajstić information content (AvgIpc) is 2.36. The number of amides is 1. The summed E-state index contributed by atoms with van der Waals surface area (Å²) in [6.07, 6.45) is -0.626. The monoisotopic (exact) mass is 250 g/mol. The number of nitrogens with two attached hydrogens (primary N) is 1. The van der Waals surface area contributed by atoms with Crippen molar-refractivity contribution in [3.8, 4) is 5.75 Å². The molecule has 18 heavy (non-hydrogen) atoms. The second-order valence-electron chi connectivity index (χ2n) is 3.92. The highest BCUT2D eigenvalue weighted by Crippen LogP contribution is 2.15. The van der Waals surface area contributed by atoms with Gasteiger partial charge in [-0.2, -0.15) is 0 Å². The average molecular weight is 250 g/mol. The van der Waals surface area contributed by atoms with Gasteiger partial charge in [0, 0.05) is 18.7 Å². The molecule has 1 atom stereocenters. The van der Waals surface area contributed by atoms with Crippen LogP contribution in [0.15, 0.2) is 24.3 Å². The highest BCUT2D eigenvalue weighted by Gasteiger charge is 2.14. The van der Waals surface area contributed by atoms with Crippen LogP contribution in [0.4, 0.5) is 0 Å². The molecule has 0 spiro atoms. The standard InChI is InChI=1S/C13H18N2O3/c1-9(16)11-4-3-5-12(8-11)18-10(2)13(17)15-7-6-14/h3-5,8,10H,6-7,14H2,1-2H3,(H,15,17). The Bertz CT molecular complexity index is 432. The molecule has 0 saturated carbocycles. The van der Waals surface area contributed by atoms with Gasteiger partial charge in [0.15, 0.2) is 11.9 Å². The number of Topliss-reactive ketones (excluding diaryl/α,β-unsaturated/α-hetero) is 1. The molecule has 3 N–H and O–H groups in total. The van der Waals surface area contributed by atoms with E-state index in [1.807, 2.05) is 0 Å². The van der Waals surface area contributed by atoms with E-state index in [2.05, 4.69) is 5.32 Å². The van der Waals surface area contributed by atoms with Crippen molar-refractivity contribution in [3.05, 3.63) is 29.8 Å². The normalized spacial score (nSPS) is 11.7. The summed E-state index contributed by atoms with van der Waals surface area (Å²) in [6.45, 7) is 3.93. The molecule has 0 aromatic heterocycles. The maximum Gasteiger partial charge on any atom is 0.260 e. The first-order chi connectivity index (χ1) is 8.54. The van der Waals surface area contributed by atoms with Crippen molar-refractivity contribution in [2.24, 2.45) is 5.73 Å². The molecule has 0 radical (unpaired) electrons. The van der Waals surface area contributed by atoms with Gasteiger partial charge in [0.1, 0.15) is 5.75 Å². The number of ether oxygens (including phenoxy) is 1. The molecule has 1 aromatic carbocycles. The zero-order chi connectivity index (χ0) is 13.5. The summed E-state index contributed by atoms with van der Waals surface area (Å²) >= 11 is 0. The molecular formula is C13H18N2O3. The van der Waals surface area contributed by atoms with Crippen LogP contribution in [-0.2, 0) is 4.79 Å². The van der Waals surface area contributed by atoms with Crippen LogP contribution in [0.1, 0.15) is 24.2 Å². The van der Waals surface area contributed by atoms with Crippen molar-refractivity contribution in [1.82, 2.24) is 5.32 Å². The second kappa shape index (κ2) is 6.76. The highest BCUT2D eigenvalue weighted by molar-refractivity contribution is 5.94. The van der Waals surface area contributed by atoms with Gasteiger partial charge in [-0.05, 0) is 26.0 Å². The van der Waals surface area contributed by atoms with Gasteiger partial charge in [-0.3, -0.25) is 9.59 Å². The van der Waals surface area contributed by atoms with Gasteiger partial charge < -0.3 is 15.8 Å². The van der Waals surface area contributed by atoms with Crippen LogP contribution < -0.4 is 15.8 Å². The SMILES string of the molecule is CC(=O)c1cccc(OC(C)C(=O)NCCN)c1. The molecule has 0 heterocycles. The Labute approximate surface area is 106 Å². The number of carbonyl (C=O) groups excluding carboxylic acids is 2. The Hall–Kier alpha value is -1.88. The summed E-state index contributed by atoms with van der Waals surface area (Å²) in [5, 5.41) is 2.63. The quantitative estimate of drug-likeness (QED) is 0.729. The molecule has 1 rings (SSSR count). The Morgan fingerprint density at radius 3 is 2.78 bits per heavy atom. The van der Waals surface area contributed by atoms with Crippen LogP contribution in [0, 0.1) is 0 Å². The lowest BCUT2D eigenvalue weighted by Gasteiger charge is -2.14. The van der Waals surface area contributed by atoms with E-state index in [-0.39, 0.29) is 11.7 Å². The zero-order valence-electron chi connectivity index (χ0n) is 10.6. The molecule has 0 aliphatic rings. The van der Waals surface area contributed by atoms with Crippen LogP contribution in [0.25, 0.3) is 0 Å². The Morgan fingerprint density at radius 2 is 2.17 bits per heavy atom. The van der Waals surface area contributed by atoms with Crippen LogP contribution >= 0.6 is 0 Å². The van der Waals surface area contributed by atoms with E-state index in [1.165, 1.54) is 6.92 Å². The van der Waals surface area contributed by atoms with E-state index in [0.29, 0.717) is 24.4 Å². The van der Waals surface area contributed by atoms with E-state index in [1.54, 1.807) is 31.2 Å². The third-order valence-electron chi connectivity index (χ3n) is 2.37. The maximum atomic E-state index is 11.6. The third-order valence-corrected chi connectivity index (χ3v) is 2.37. The summed E-state index contributed by atoms with van der Waals surface area (Å²) in [4.78, 5) is 22.8. The van der Waals surface area contributed by atoms with E-state index >= 15 is 0 Å². The maximum absolute atomic E-state index is 11.6. The molecular weight excluding hydrogens is 232 g/mol.